The number of carbonyl (C=O) groups is 2. The molecule has 118 valence electrons. The SMILES string of the molecule is COCC(C)NC(=O)C1=NC(C)C(=O)N(c2ccccc2)N1. The van der Waals surface area contributed by atoms with Crippen LogP contribution in [0.15, 0.2) is 35.3 Å². The molecule has 1 heterocycles. The number of nitrogens with zero attached hydrogens (tertiary/aromatic N) is 2. The Hall–Kier alpha value is -2.41. The van der Waals surface area contributed by atoms with Gasteiger partial charge in [0.1, 0.15) is 6.04 Å². The number of carbonyl (C=O) groups excluding carboxylic acids is 2. The Bertz CT molecular complexity index is 573. The maximum Gasteiger partial charge on any atom is 0.288 e. The van der Waals surface area contributed by atoms with Crippen molar-refractivity contribution in [1.82, 2.24) is 10.7 Å². The predicted molar refractivity (Wildman–Crippen MR) is 83.4 cm³/mol. The Balaban J connectivity index is 2.15. The summed E-state index contributed by atoms with van der Waals surface area (Å²) in [4.78, 5) is 28.6. The van der Waals surface area contributed by atoms with Crippen LogP contribution in [0.2, 0.25) is 0 Å². The molecule has 0 aromatic heterocycles. The Morgan fingerprint density at radius 1 is 1.45 bits per heavy atom. The van der Waals surface area contributed by atoms with Gasteiger partial charge in [0.05, 0.1) is 12.3 Å². The van der Waals surface area contributed by atoms with Crippen LogP contribution in [0.5, 0.6) is 0 Å². The molecular weight excluding hydrogens is 284 g/mol. The molecule has 0 saturated carbocycles. The maximum atomic E-state index is 12.2. The standard InChI is InChI=1S/C15H20N4O3/c1-10(9-22-3)16-14(20)13-17-11(2)15(21)19(18-13)12-7-5-4-6-8-12/h4-8,10-11H,9H2,1-3H3,(H,16,20)(H,17,18). The maximum absolute atomic E-state index is 12.2. The number of rotatable bonds is 5. The Kier molecular flexibility index (Phi) is 5.11. The lowest BCUT2D eigenvalue weighted by molar-refractivity contribution is -0.120. The number of hydrazine groups is 1. The van der Waals surface area contributed by atoms with Crippen LogP contribution >= 0.6 is 0 Å². The Morgan fingerprint density at radius 2 is 2.14 bits per heavy atom. The van der Waals surface area contributed by atoms with Gasteiger partial charge < -0.3 is 10.1 Å². The molecule has 1 aliphatic heterocycles. The second kappa shape index (κ2) is 7.04. The third-order valence-electron chi connectivity index (χ3n) is 3.14. The van der Waals surface area contributed by atoms with E-state index >= 15 is 0 Å². The quantitative estimate of drug-likeness (QED) is 0.828. The van der Waals surface area contributed by atoms with E-state index in [1.807, 2.05) is 25.1 Å². The van der Waals surface area contributed by atoms with Gasteiger partial charge in [0.25, 0.3) is 11.8 Å². The zero-order valence-electron chi connectivity index (χ0n) is 12.9. The summed E-state index contributed by atoms with van der Waals surface area (Å²) in [7, 11) is 1.57. The number of hydrogen-bond acceptors (Lipinski definition) is 5. The van der Waals surface area contributed by atoms with Crippen LogP contribution in [0.1, 0.15) is 13.8 Å². The number of aliphatic imine (C=N–C) groups is 1. The fourth-order valence-electron chi connectivity index (χ4n) is 2.09. The zero-order chi connectivity index (χ0) is 16.1. The van der Waals surface area contributed by atoms with E-state index in [4.69, 9.17) is 4.74 Å². The highest BCUT2D eigenvalue weighted by Crippen LogP contribution is 2.15. The lowest BCUT2D eigenvalue weighted by atomic mass is 10.2. The van der Waals surface area contributed by atoms with Crippen LogP contribution in [0, 0.1) is 0 Å². The highest BCUT2D eigenvalue weighted by Gasteiger charge is 2.30. The molecule has 1 aromatic carbocycles. The molecule has 0 spiro atoms. The summed E-state index contributed by atoms with van der Waals surface area (Å²) < 4.78 is 4.98. The van der Waals surface area contributed by atoms with Gasteiger partial charge in [-0.1, -0.05) is 18.2 Å². The topological polar surface area (TPSA) is 83.0 Å². The number of para-hydroxylation sites is 1. The van der Waals surface area contributed by atoms with Gasteiger partial charge in [-0.15, -0.1) is 0 Å². The van der Waals surface area contributed by atoms with Crippen LogP contribution in [0.3, 0.4) is 0 Å². The summed E-state index contributed by atoms with van der Waals surface area (Å²) in [6, 6.07) is 8.29. The average Bonchev–Trinajstić information content (AvgIpc) is 2.50. The van der Waals surface area contributed by atoms with Crippen LogP contribution < -0.4 is 15.8 Å². The van der Waals surface area contributed by atoms with Gasteiger partial charge in [-0.3, -0.25) is 15.0 Å². The molecule has 2 rings (SSSR count). The number of anilines is 1. The minimum absolute atomic E-state index is 0.110. The van der Waals surface area contributed by atoms with Crippen molar-refractivity contribution in [3.05, 3.63) is 30.3 Å². The number of hydrogen-bond donors (Lipinski definition) is 2. The molecule has 1 aromatic rings. The Morgan fingerprint density at radius 3 is 2.77 bits per heavy atom. The van der Waals surface area contributed by atoms with E-state index in [1.54, 1.807) is 26.2 Å². The van der Waals surface area contributed by atoms with E-state index in [9.17, 15) is 9.59 Å². The van der Waals surface area contributed by atoms with E-state index < -0.39 is 6.04 Å². The van der Waals surface area contributed by atoms with Crippen LogP contribution in [-0.2, 0) is 14.3 Å². The lowest BCUT2D eigenvalue weighted by Crippen LogP contribution is -2.58. The second-order valence-electron chi connectivity index (χ2n) is 5.10. The zero-order valence-corrected chi connectivity index (χ0v) is 12.9. The monoisotopic (exact) mass is 304 g/mol. The first kappa shape index (κ1) is 16.0. The van der Waals surface area contributed by atoms with Crippen molar-refractivity contribution in [1.29, 1.82) is 0 Å². The number of amides is 2. The molecule has 2 atom stereocenters. The van der Waals surface area contributed by atoms with Crippen molar-refractivity contribution in [3.63, 3.8) is 0 Å². The van der Waals surface area contributed by atoms with Crippen molar-refractivity contribution in [2.24, 2.45) is 4.99 Å². The fraction of sp³-hybridized carbons (Fsp3) is 0.400. The van der Waals surface area contributed by atoms with Crippen molar-refractivity contribution in [3.8, 4) is 0 Å². The first-order valence-corrected chi connectivity index (χ1v) is 7.06. The highest BCUT2D eigenvalue weighted by atomic mass is 16.5. The molecule has 7 heteroatoms. The smallest absolute Gasteiger partial charge is 0.288 e. The minimum Gasteiger partial charge on any atom is -0.383 e. The number of ether oxygens (including phenoxy) is 1. The van der Waals surface area contributed by atoms with Gasteiger partial charge >= 0.3 is 0 Å². The van der Waals surface area contributed by atoms with Crippen LogP contribution in [0.25, 0.3) is 0 Å². The molecule has 1 aliphatic rings. The molecule has 0 radical (unpaired) electrons. The molecule has 0 aliphatic carbocycles. The summed E-state index contributed by atoms with van der Waals surface area (Å²) in [6.07, 6.45) is 0. The van der Waals surface area contributed by atoms with E-state index in [0.29, 0.717) is 12.3 Å². The highest BCUT2D eigenvalue weighted by molar-refractivity contribution is 6.39. The van der Waals surface area contributed by atoms with Gasteiger partial charge in [-0.2, -0.15) is 0 Å². The van der Waals surface area contributed by atoms with E-state index in [2.05, 4.69) is 15.7 Å². The van der Waals surface area contributed by atoms with Crippen molar-refractivity contribution >= 4 is 23.3 Å². The van der Waals surface area contributed by atoms with E-state index in [1.165, 1.54) is 5.01 Å². The van der Waals surface area contributed by atoms with Gasteiger partial charge in [-0.05, 0) is 26.0 Å². The van der Waals surface area contributed by atoms with Gasteiger partial charge in [-0.25, -0.2) is 10.0 Å². The largest absolute Gasteiger partial charge is 0.383 e. The predicted octanol–water partition coefficient (Wildman–Crippen LogP) is 0.476. The molecule has 0 fully saturated rings. The number of amidine groups is 1. The Labute approximate surface area is 129 Å². The normalized spacial score (nSPS) is 19.2. The van der Waals surface area contributed by atoms with E-state index in [0.717, 1.165) is 0 Å². The summed E-state index contributed by atoms with van der Waals surface area (Å²) in [5.41, 5.74) is 3.44. The van der Waals surface area contributed by atoms with E-state index in [-0.39, 0.29) is 23.7 Å². The number of methoxy groups -OCH3 is 1. The van der Waals surface area contributed by atoms with Gasteiger partial charge in [0.2, 0.25) is 5.84 Å². The fourth-order valence-corrected chi connectivity index (χ4v) is 2.09. The van der Waals surface area contributed by atoms with Crippen molar-refractivity contribution in [2.75, 3.05) is 18.7 Å². The molecule has 2 unspecified atom stereocenters. The third-order valence-corrected chi connectivity index (χ3v) is 3.14. The molecule has 22 heavy (non-hydrogen) atoms. The molecule has 2 amide bonds. The van der Waals surface area contributed by atoms with Crippen LogP contribution in [-0.4, -0.2) is 43.5 Å². The summed E-state index contributed by atoms with van der Waals surface area (Å²) in [5, 5.41) is 4.10. The first-order valence-electron chi connectivity index (χ1n) is 7.06. The van der Waals surface area contributed by atoms with Crippen LogP contribution in [0.4, 0.5) is 5.69 Å². The number of benzene rings is 1. The summed E-state index contributed by atoms with van der Waals surface area (Å²) in [6.45, 7) is 3.88. The van der Waals surface area contributed by atoms with Crippen molar-refractivity contribution in [2.45, 2.75) is 25.9 Å². The average molecular weight is 304 g/mol. The minimum atomic E-state index is -0.625. The van der Waals surface area contributed by atoms with Crippen molar-refractivity contribution < 1.29 is 14.3 Å². The van der Waals surface area contributed by atoms with Gasteiger partial charge in [0.15, 0.2) is 0 Å². The number of nitrogens with one attached hydrogen (secondary N) is 2. The second-order valence-corrected chi connectivity index (χ2v) is 5.10. The lowest BCUT2D eigenvalue weighted by Gasteiger charge is -2.30. The van der Waals surface area contributed by atoms with Gasteiger partial charge in [0, 0.05) is 13.2 Å². The molecule has 0 saturated heterocycles. The molecular formula is C15H20N4O3. The molecule has 7 nitrogen and oxygen atoms in total. The first-order chi connectivity index (χ1) is 10.5. The molecule has 0 bridgehead atoms. The summed E-state index contributed by atoms with van der Waals surface area (Å²) in [5.74, 6) is -0.476. The third kappa shape index (κ3) is 3.62. The summed E-state index contributed by atoms with van der Waals surface area (Å²) >= 11 is 0. The molecule has 2 N–H and O–H groups in total.